The summed E-state index contributed by atoms with van der Waals surface area (Å²) in [4.78, 5) is 10.8. The Kier molecular flexibility index (Phi) is 7.03. The molecule has 11 nitrogen and oxygen atoms in total. The fraction of sp³-hybridized carbons (Fsp3) is 0.333. The average molecular weight is 564 g/mol. The van der Waals surface area contributed by atoms with Gasteiger partial charge in [-0.25, -0.2) is 13.4 Å². The molecule has 0 N–H and O–H groups in total. The first kappa shape index (κ1) is 26.6. The number of sulfonamides is 1. The number of nitrogens with zero attached hydrogens (tertiary/aromatic N) is 7. The zero-order valence-corrected chi connectivity index (χ0v) is 21.8. The Hall–Kier alpha value is -3.98. The molecule has 39 heavy (non-hydrogen) atoms. The van der Waals surface area contributed by atoms with Crippen LogP contribution in [0.3, 0.4) is 0 Å². The predicted molar refractivity (Wildman–Crippen MR) is 134 cm³/mol. The first-order valence-electron chi connectivity index (χ1n) is 11.8. The summed E-state index contributed by atoms with van der Waals surface area (Å²) in [6.45, 7) is 4.25. The number of pyridine rings is 1. The minimum atomic E-state index is -4.77. The van der Waals surface area contributed by atoms with E-state index >= 15 is 0 Å². The summed E-state index contributed by atoms with van der Waals surface area (Å²) in [5.41, 5.74) is 2.71. The highest BCUT2D eigenvalue weighted by molar-refractivity contribution is 7.88. The van der Waals surface area contributed by atoms with E-state index in [0.29, 0.717) is 44.0 Å². The third-order valence-electron chi connectivity index (χ3n) is 6.15. The molecule has 3 aromatic heterocycles. The number of piperazine rings is 1. The molecule has 5 rings (SSSR count). The number of benzene rings is 1. The van der Waals surface area contributed by atoms with Crippen molar-refractivity contribution in [3.05, 3.63) is 59.9 Å². The van der Waals surface area contributed by atoms with Gasteiger partial charge in [0.1, 0.15) is 11.6 Å². The molecular formula is C24H24F3N7O4S. The van der Waals surface area contributed by atoms with Crippen LogP contribution in [0.1, 0.15) is 11.3 Å². The average Bonchev–Trinajstić information content (AvgIpc) is 3.51. The van der Waals surface area contributed by atoms with Gasteiger partial charge in [0.25, 0.3) is 5.89 Å². The van der Waals surface area contributed by atoms with Gasteiger partial charge in [-0.05, 0) is 55.0 Å². The van der Waals surface area contributed by atoms with Crippen LogP contribution in [-0.4, -0.2) is 76.4 Å². The van der Waals surface area contributed by atoms with Gasteiger partial charge in [-0.1, -0.05) is 5.16 Å². The Morgan fingerprint density at radius 1 is 1.05 bits per heavy atom. The number of aromatic nitrogens is 5. The zero-order valence-electron chi connectivity index (χ0n) is 21.0. The normalized spacial score (nSPS) is 15.1. The summed E-state index contributed by atoms with van der Waals surface area (Å²) in [5, 5.41) is 8.50. The van der Waals surface area contributed by atoms with Crippen molar-refractivity contribution in [1.82, 2.24) is 29.2 Å². The van der Waals surface area contributed by atoms with Gasteiger partial charge in [0, 0.05) is 43.6 Å². The van der Waals surface area contributed by atoms with E-state index in [-0.39, 0.29) is 17.5 Å². The topological polar surface area (TPSA) is 119 Å². The van der Waals surface area contributed by atoms with Gasteiger partial charge in [0.05, 0.1) is 12.8 Å². The molecule has 4 aromatic rings. The van der Waals surface area contributed by atoms with Gasteiger partial charge in [-0.3, -0.25) is 4.68 Å². The summed E-state index contributed by atoms with van der Waals surface area (Å²) < 4.78 is 73.2. The van der Waals surface area contributed by atoms with Gasteiger partial charge in [-0.2, -0.15) is 14.4 Å². The predicted octanol–water partition coefficient (Wildman–Crippen LogP) is 3.33. The van der Waals surface area contributed by atoms with E-state index in [1.807, 2.05) is 24.0 Å². The van der Waals surface area contributed by atoms with Crippen molar-refractivity contribution < 1.29 is 30.8 Å². The fourth-order valence-corrected chi connectivity index (χ4v) is 5.01. The van der Waals surface area contributed by atoms with Crippen molar-refractivity contribution in [3.8, 4) is 28.7 Å². The van der Waals surface area contributed by atoms with Crippen molar-refractivity contribution in [2.45, 2.75) is 19.8 Å². The van der Waals surface area contributed by atoms with Crippen molar-refractivity contribution in [2.75, 3.05) is 37.3 Å². The second kappa shape index (κ2) is 10.3. The van der Waals surface area contributed by atoms with Gasteiger partial charge in [0.15, 0.2) is 5.69 Å². The van der Waals surface area contributed by atoms with E-state index in [0.717, 1.165) is 17.1 Å². The molecule has 1 fully saturated rings. The molecule has 4 heterocycles. The number of anilines is 1. The Labute approximate surface area is 221 Å². The monoisotopic (exact) mass is 563 g/mol. The van der Waals surface area contributed by atoms with Gasteiger partial charge >= 0.3 is 6.36 Å². The van der Waals surface area contributed by atoms with E-state index in [4.69, 9.17) is 4.52 Å². The molecule has 15 heteroatoms. The zero-order chi connectivity index (χ0) is 27.8. The summed E-state index contributed by atoms with van der Waals surface area (Å²) in [7, 11) is -3.21. The Bertz CT molecular complexity index is 1560. The van der Waals surface area contributed by atoms with Crippen LogP contribution in [-0.2, 0) is 16.6 Å². The quantitative estimate of drug-likeness (QED) is 0.334. The van der Waals surface area contributed by atoms with E-state index < -0.39 is 16.4 Å². The molecule has 0 bridgehead atoms. The van der Waals surface area contributed by atoms with Crippen LogP contribution in [0.25, 0.3) is 23.0 Å². The summed E-state index contributed by atoms with van der Waals surface area (Å²) >= 11 is 0. The Morgan fingerprint density at radius 2 is 1.77 bits per heavy atom. The smallest absolute Gasteiger partial charge is 0.406 e. The molecule has 1 aromatic carbocycles. The minimum absolute atomic E-state index is 0.168. The minimum Gasteiger partial charge on any atom is -0.406 e. The fourth-order valence-electron chi connectivity index (χ4n) is 4.18. The number of halogens is 3. The lowest BCUT2D eigenvalue weighted by atomic mass is 10.2. The highest BCUT2D eigenvalue weighted by Gasteiger charge is 2.31. The molecule has 0 radical (unpaired) electrons. The standard InChI is InChI=1S/C24H24F3N7O4S/c1-16-13-20(23-29-22(31-38-23)18-3-5-19(6-4-18)37-24(25,26)27)30-34(16)15-17-7-8-28-21(14-17)32-9-11-33(12-10-32)39(2,35)36/h3-8,13-14H,9-12,15H2,1-2H3. The van der Waals surface area contributed by atoms with Crippen LogP contribution in [0.15, 0.2) is 53.2 Å². The highest BCUT2D eigenvalue weighted by Crippen LogP contribution is 2.27. The summed E-state index contributed by atoms with van der Waals surface area (Å²) in [5.74, 6) is 0.783. The largest absolute Gasteiger partial charge is 0.573 e. The van der Waals surface area contributed by atoms with Crippen LogP contribution in [0.2, 0.25) is 0 Å². The maximum atomic E-state index is 12.4. The van der Waals surface area contributed by atoms with Gasteiger partial charge < -0.3 is 14.2 Å². The number of hydrogen-bond acceptors (Lipinski definition) is 9. The molecule has 0 amide bonds. The van der Waals surface area contributed by atoms with Crippen LogP contribution < -0.4 is 9.64 Å². The van der Waals surface area contributed by atoms with Crippen molar-refractivity contribution in [2.24, 2.45) is 0 Å². The number of rotatable bonds is 7. The van der Waals surface area contributed by atoms with Crippen LogP contribution >= 0.6 is 0 Å². The Morgan fingerprint density at radius 3 is 2.44 bits per heavy atom. The lowest BCUT2D eigenvalue weighted by Crippen LogP contribution is -2.48. The number of ether oxygens (including phenoxy) is 1. The second-order valence-electron chi connectivity index (χ2n) is 9.00. The van der Waals surface area contributed by atoms with E-state index in [1.165, 1.54) is 34.8 Å². The second-order valence-corrected chi connectivity index (χ2v) is 11.0. The lowest BCUT2D eigenvalue weighted by Gasteiger charge is -2.34. The third kappa shape index (κ3) is 6.37. The number of aryl methyl sites for hydroxylation is 1. The summed E-state index contributed by atoms with van der Waals surface area (Å²) in [6, 6.07) is 10.8. The Balaban J connectivity index is 1.27. The molecule has 0 spiro atoms. The van der Waals surface area contributed by atoms with Gasteiger partial charge in [-0.15, -0.1) is 13.2 Å². The van der Waals surface area contributed by atoms with Crippen LogP contribution in [0.5, 0.6) is 5.75 Å². The maximum Gasteiger partial charge on any atom is 0.573 e. The number of alkyl halides is 3. The van der Waals surface area contributed by atoms with Crippen molar-refractivity contribution >= 4 is 15.8 Å². The van der Waals surface area contributed by atoms with Crippen LogP contribution in [0, 0.1) is 6.92 Å². The SMILES string of the molecule is Cc1cc(-c2nc(-c3ccc(OC(F)(F)F)cc3)no2)nn1Cc1ccnc(N2CCN(S(C)(=O)=O)CC2)c1. The lowest BCUT2D eigenvalue weighted by molar-refractivity contribution is -0.274. The van der Waals surface area contributed by atoms with E-state index in [1.54, 1.807) is 16.9 Å². The van der Waals surface area contributed by atoms with Crippen molar-refractivity contribution in [3.63, 3.8) is 0 Å². The first-order valence-corrected chi connectivity index (χ1v) is 13.7. The number of hydrogen-bond donors (Lipinski definition) is 0. The molecule has 1 saturated heterocycles. The molecule has 1 aliphatic heterocycles. The maximum absolute atomic E-state index is 12.4. The molecular weight excluding hydrogens is 539 g/mol. The summed E-state index contributed by atoms with van der Waals surface area (Å²) in [6.07, 6.45) is -1.85. The van der Waals surface area contributed by atoms with Gasteiger partial charge in [0.2, 0.25) is 15.8 Å². The highest BCUT2D eigenvalue weighted by atomic mass is 32.2. The molecule has 0 unspecified atom stereocenters. The molecule has 0 aliphatic carbocycles. The van der Waals surface area contributed by atoms with E-state index in [2.05, 4.69) is 25.0 Å². The third-order valence-corrected chi connectivity index (χ3v) is 7.45. The van der Waals surface area contributed by atoms with Crippen molar-refractivity contribution in [1.29, 1.82) is 0 Å². The molecule has 206 valence electrons. The molecule has 0 atom stereocenters. The first-order chi connectivity index (χ1) is 18.4. The van der Waals surface area contributed by atoms with E-state index in [9.17, 15) is 21.6 Å². The molecule has 0 saturated carbocycles. The molecule has 1 aliphatic rings. The van der Waals surface area contributed by atoms with Crippen LogP contribution in [0.4, 0.5) is 19.0 Å².